The maximum absolute atomic E-state index is 12.8. The molecule has 0 N–H and O–H groups in total. The molecule has 28 heavy (non-hydrogen) atoms. The van der Waals surface area contributed by atoms with Gasteiger partial charge in [0.05, 0.1) is 0 Å². The van der Waals surface area contributed by atoms with E-state index in [1.807, 2.05) is 12.1 Å². The van der Waals surface area contributed by atoms with Gasteiger partial charge in [-0.2, -0.15) is 0 Å². The molecule has 0 aliphatic heterocycles. The Morgan fingerprint density at radius 1 is 0.750 bits per heavy atom. The van der Waals surface area contributed by atoms with Gasteiger partial charge in [-0.15, -0.1) is 0 Å². The van der Waals surface area contributed by atoms with Gasteiger partial charge in [0.15, 0.2) is 0 Å². The van der Waals surface area contributed by atoms with E-state index in [9.17, 15) is 9.18 Å². The fourth-order valence-corrected chi connectivity index (χ4v) is 4.19. The molecule has 2 rings (SSSR count). The second kappa shape index (κ2) is 14.8. The second-order valence-electron chi connectivity index (χ2n) is 8.91. The zero-order chi connectivity index (χ0) is 19.9. The summed E-state index contributed by atoms with van der Waals surface area (Å²) in [4.78, 5) is 11.8. The minimum Gasteiger partial charge on any atom is -0.300 e. The fourth-order valence-electron chi connectivity index (χ4n) is 4.19. The number of hydrogen-bond acceptors (Lipinski definition) is 1. The molecule has 1 aromatic carbocycles. The van der Waals surface area contributed by atoms with Crippen molar-refractivity contribution in [1.29, 1.82) is 0 Å². The van der Waals surface area contributed by atoms with Crippen LogP contribution >= 0.6 is 0 Å². The Labute approximate surface area is 172 Å². The van der Waals surface area contributed by atoms with Crippen molar-refractivity contribution in [3.05, 3.63) is 35.6 Å². The molecule has 0 unspecified atom stereocenters. The highest BCUT2D eigenvalue weighted by Crippen LogP contribution is 2.30. The summed E-state index contributed by atoms with van der Waals surface area (Å²) in [5.74, 6) is 1.11. The third-order valence-corrected chi connectivity index (χ3v) is 6.33. The molecule has 0 amide bonds. The van der Waals surface area contributed by atoms with Gasteiger partial charge in [-0.1, -0.05) is 95.6 Å². The molecular formula is C26H41FO. The van der Waals surface area contributed by atoms with Gasteiger partial charge in [0.25, 0.3) is 0 Å². The quantitative estimate of drug-likeness (QED) is 0.246. The normalized spacial score (nSPS) is 14.2. The highest BCUT2D eigenvalue weighted by atomic mass is 19.1. The minimum atomic E-state index is -0.141. The Kier molecular flexibility index (Phi) is 12.2. The van der Waals surface area contributed by atoms with Crippen LogP contribution in [0.2, 0.25) is 0 Å². The van der Waals surface area contributed by atoms with Gasteiger partial charge in [-0.05, 0) is 42.9 Å². The lowest BCUT2D eigenvalue weighted by Crippen LogP contribution is -2.15. The van der Waals surface area contributed by atoms with Crippen molar-refractivity contribution in [2.75, 3.05) is 0 Å². The summed E-state index contributed by atoms with van der Waals surface area (Å²) in [5.41, 5.74) is 1.25. The monoisotopic (exact) mass is 388 g/mol. The molecule has 1 fully saturated rings. The lowest BCUT2D eigenvalue weighted by atomic mass is 9.81. The molecule has 1 aromatic rings. The number of ketones is 1. The zero-order valence-corrected chi connectivity index (χ0v) is 17.9. The van der Waals surface area contributed by atoms with Gasteiger partial charge in [0.1, 0.15) is 11.6 Å². The molecule has 1 nitrogen and oxygen atoms in total. The molecule has 0 heterocycles. The predicted octanol–water partition coefficient (Wildman–Crippen LogP) is 8.20. The van der Waals surface area contributed by atoms with Crippen LogP contribution in [0.5, 0.6) is 0 Å². The number of carbonyl (C=O) groups excluding carboxylic acids is 1. The van der Waals surface area contributed by atoms with E-state index in [1.165, 1.54) is 95.5 Å². The van der Waals surface area contributed by atoms with Crippen molar-refractivity contribution >= 4 is 5.78 Å². The first kappa shape index (κ1) is 23.1. The highest BCUT2D eigenvalue weighted by Gasteiger charge is 2.19. The molecule has 158 valence electrons. The molecular weight excluding hydrogens is 347 g/mol. The maximum atomic E-state index is 12.8. The predicted molar refractivity (Wildman–Crippen MR) is 117 cm³/mol. The van der Waals surface area contributed by atoms with Crippen molar-refractivity contribution in [1.82, 2.24) is 0 Å². The summed E-state index contributed by atoms with van der Waals surface area (Å²) in [6.45, 7) is 0. The first-order valence-corrected chi connectivity index (χ1v) is 12.0. The average Bonchev–Trinajstić information content (AvgIpc) is 2.66. The summed E-state index contributed by atoms with van der Waals surface area (Å²) in [5, 5.41) is 0. The maximum Gasteiger partial charge on any atom is 0.133 e. The first-order chi connectivity index (χ1) is 13.7. The summed E-state index contributed by atoms with van der Waals surface area (Å²) in [7, 11) is 0. The van der Waals surface area contributed by atoms with Crippen molar-refractivity contribution < 1.29 is 9.18 Å². The Bertz CT molecular complexity index is 518. The van der Waals surface area contributed by atoms with Gasteiger partial charge >= 0.3 is 0 Å². The third kappa shape index (κ3) is 11.0. The number of Topliss-reactive ketones (excluding diaryl/α,β-unsaturated/α-hetero) is 1. The number of hydrogen-bond donors (Lipinski definition) is 0. The highest BCUT2D eigenvalue weighted by molar-refractivity contribution is 5.78. The number of benzene rings is 1. The average molecular weight is 389 g/mol. The van der Waals surface area contributed by atoms with E-state index in [2.05, 4.69) is 0 Å². The van der Waals surface area contributed by atoms with E-state index in [1.54, 1.807) is 12.1 Å². The Hall–Kier alpha value is -1.18. The summed E-state index contributed by atoms with van der Waals surface area (Å²) < 4.78 is 12.8. The molecule has 0 atom stereocenters. The number of halogens is 1. The molecule has 0 aromatic heterocycles. The van der Waals surface area contributed by atoms with Crippen LogP contribution in [-0.4, -0.2) is 5.78 Å². The van der Waals surface area contributed by atoms with E-state index in [0.29, 0.717) is 5.78 Å². The van der Waals surface area contributed by atoms with Crippen LogP contribution < -0.4 is 0 Å². The summed E-state index contributed by atoms with van der Waals surface area (Å²) in [6.07, 6.45) is 22.4. The summed E-state index contributed by atoms with van der Waals surface area (Å²) >= 11 is 0. The lowest BCUT2D eigenvalue weighted by molar-refractivity contribution is -0.120. The topological polar surface area (TPSA) is 17.1 Å². The largest absolute Gasteiger partial charge is 0.300 e. The van der Waals surface area contributed by atoms with Crippen molar-refractivity contribution in [3.8, 4) is 0 Å². The number of rotatable bonds is 17. The van der Waals surface area contributed by atoms with E-state index in [0.717, 1.165) is 31.6 Å². The Morgan fingerprint density at radius 3 is 1.75 bits per heavy atom. The SMILES string of the molecule is O=C(CCCCCCCCCCCCCCc1ccc(F)cc1)CC1CCC1. The van der Waals surface area contributed by atoms with E-state index in [-0.39, 0.29) is 5.82 Å². The van der Waals surface area contributed by atoms with Crippen molar-refractivity contribution in [2.24, 2.45) is 5.92 Å². The summed E-state index contributed by atoms with van der Waals surface area (Å²) in [6, 6.07) is 6.93. The Morgan fingerprint density at radius 2 is 1.25 bits per heavy atom. The van der Waals surface area contributed by atoms with Crippen LogP contribution in [0.4, 0.5) is 4.39 Å². The molecule has 2 heteroatoms. The molecule has 0 bridgehead atoms. The minimum absolute atomic E-state index is 0.141. The number of aryl methyl sites for hydroxylation is 1. The molecule has 1 aliphatic rings. The molecule has 0 saturated heterocycles. The molecule has 0 spiro atoms. The van der Waals surface area contributed by atoms with Crippen LogP contribution in [0.3, 0.4) is 0 Å². The zero-order valence-electron chi connectivity index (χ0n) is 17.9. The van der Waals surface area contributed by atoms with Gasteiger partial charge in [0, 0.05) is 12.8 Å². The smallest absolute Gasteiger partial charge is 0.133 e. The number of carbonyl (C=O) groups is 1. The van der Waals surface area contributed by atoms with E-state index < -0.39 is 0 Å². The van der Waals surface area contributed by atoms with Crippen LogP contribution in [0.15, 0.2) is 24.3 Å². The number of unbranched alkanes of at least 4 members (excludes halogenated alkanes) is 11. The standard InChI is InChI=1S/C26H41FO/c27-25-20-18-23(19-21-25)14-11-9-7-5-3-1-2-4-6-8-10-12-17-26(28)22-24-15-13-16-24/h18-21,24H,1-17,22H2. The van der Waals surface area contributed by atoms with Gasteiger partial charge in [0.2, 0.25) is 0 Å². The van der Waals surface area contributed by atoms with Crippen LogP contribution in [0, 0.1) is 11.7 Å². The van der Waals surface area contributed by atoms with Crippen LogP contribution in [-0.2, 0) is 11.2 Å². The van der Waals surface area contributed by atoms with E-state index in [4.69, 9.17) is 0 Å². The van der Waals surface area contributed by atoms with Gasteiger partial charge in [-0.3, -0.25) is 4.79 Å². The first-order valence-electron chi connectivity index (χ1n) is 12.0. The van der Waals surface area contributed by atoms with Gasteiger partial charge in [-0.25, -0.2) is 4.39 Å². The van der Waals surface area contributed by atoms with Crippen molar-refractivity contribution in [3.63, 3.8) is 0 Å². The van der Waals surface area contributed by atoms with E-state index >= 15 is 0 Å². The third-order valence-electron chi connectivity index (χ3n) is 6.33. The lowest BCUT2D eigenvalue weighted by Gasteiger charge is -2.24. The molecule has 0 radical (unpaired) electrons. The molecule has 1 saturated carbocycles. The van der Waals surface area contributed by atoms with Crippen molar-refractivity contribution in [2.45, 2.75) is 116 Å². The van der Waals surface area contributed by atoms with Gasteiger partial charge < -0.3 is 0 Å². The molecule has 1 aliphatic carbocycles. The van der Waals surface area contributed by atoms with Crippen LogP contribution in [0.25, 0.3) is 0 Å². The second-order valence-corrected chi connectivity index (χ2v) is 8.91. The van der Waals surface area contributed by atoms with Crippen LogP contribution in [0.1, 0.15) is 115 Å². The Balaban J connectivity index is 1.26. The fraction of sp³-hybridized carbons (Fsp3) is 0.731.